The van der Waals surface area contributed by atoms with Crippen LogP contribution in [0.15, 0.2) is 18.2 Å². The molecule has 2 fully saturated rings. The Morgan fingerprint density at radius 1 is 0.960 bits per heavy atom. The molecule has 0 spiro atoms. The summed E-state index contributed by atoms with van der Waals surface area (Å²) in [6.07, 6.45) is 5.17. The zero-order valence-electron chi connectivity index (χ0n) is 14.4. The van der Waals surface area contributed by atoms with Gasteiger partial charge in [-0.1, -0.05) is 6.42 Å². The molecule has 0 aromatic heterocycles. The van der Waals surface area contributed by atoms with Gasteiger partial charge in [0.2, 0.25) is 0 Å². The molecule has 3 rings (SSSR count). The van der Waals surface area contributed by atoms with Crippen LogP contribution in [0.2, 0.25) is 0 Å². The number of ether oxygens (including phenoxy) is 3. The highest BCUT2D eigenvalue weighted by atomic mass is 16.5. The van der Waals surface area contributed by atoms with Crippen molar-refractivity contribution in [3.63, 3.8) is 0 Å². The van der Waals surface area contributed by atoms with E-state index in [4.69, 9.17) is 4.74 Å². The van der Waals surface area contributed by atoms with Crippen molar-refractivity contribution < 1.29 is 28.6 Å². The van der Waals surface area contributed by atoms with Gasteiger partial charge in [0.05, 0.1) is 25.3 Å². The lowest BCUT2D eigenvalue weighted by atomic mass is 9.86. The van der Waals surface area contributed by atoms with Gasteiger partial charge in [0.25, 0.3) is 0 Å². The number of carbonyl (C=O) groups is 3. The number of fused-ring (bicyclic) bond motifs is 2. The molecule has 2 aliphatic rings. The van der Waals surface area contributed by atoms with Gasteiger partial charge in [0.1, 0.15) is 5.75 Å². The molecule has 0 radical (unpaired) electrons. The van der Waals surface area contributed by atoms with E-state index in [9.17, 15) is 14.4 Å². The first-order chi connectivity index (χ1) is 12.0. The van der Waals surface area contributed by atoms with Gasteiger partial charge in [0, 0.05) is 6.42 Å². The molecule has 0 saturated heterocycles. The fraction of sp³-hybridized carbons (Fsp3) is 0.526. The van der Waals surface area contributed by atoms with Gasteiger partial charge in [-0.2, -0.15) is 0 Å². The lowest BCUT2D eigenvalue weighted by molar-refractivity contribution is -0.135. The Labute approximate surface area is 146 Å². The third-order valence-electron chi connectivity index (χ3n) is 5.29. The third-order valence-corrected chi connectivity index (χ3v) is 5.29. The van der Waals surface area contributed by atoms with Crippen LogP contribution in [0.5, 0.6) is 5.75 Å². The monoisotopic (exact) mass is 346 g/mol. The number of benzene rings is 1. The van der Waals surface area contributed by atoms with Crippen LogP contribution in [0, 0.1) is 17.8 Å². The second-order valence-electron chi connectivity index (χ2n) is 6.84. The highest BCUT2D eigenvalue weighted by Gasteiger charge is 2.40. The zero-order chi connectivity index (χ0) is 18.0. The number of esters is 3. The molecule has 0 unspecified atom stereocenters. The van der Waals surface area contributed by atoms with Crippen LogP contribution in [-0.4, -0.2) is 32.1 Å². The topological polar surface area (TPSA) is 78.9 Å². The number of methoxy groups -OCH3 is 2. The molecule has 2 aliphatic carbocycles. The van der Waals surface area contributed by atoms with Crippen LogP contribution in [-0.2, 0) is 14.3 Å². The molecular weight excluding hydrogens is 324 g/mol. The number of carbonyl (C=O) groups excluding carboxylic acids is 3. The van der Waals surface area contributed by atoms with Crippen molar-refractivity contribution >= 4 is 17.9 Å². The maximum Gasteiger partial charge on any atom is 0.338 e. The van der Waals surface area contributed by atoms with Crippen molar-refractivity contribution in [1.82, 2.24) is 0 Å². The van der Waals surface area contributed by atoms with Gasteiger partial charge in [-0.15, -0.1) is 0 Å². The maximum atomic E-state index is 12.3. The molecule has 1 aromatic carbocycles. The third kappa shape index (κ3) is 3.83. The first-order valence-electron chi connectivity index (χ1n) is 8.52. The Morgan fingerprint density at radius 2 is 1.60 bits per heavy atom. The van der Waals surface area contributed by atoms with Crippen LogP contribution in [0.3, 0.4) is 0 Å². The van der Waals surface area contributed by atoms with Crippen LogP contribution in [0.1, 0.15) is 52.8 Å². The minimum atomic E-state index is -0.615. The lowest BCUT2D eigenvalue weighted by Crippen LogP contribution is -2.19. The van der Waals surface area contributed by atoms with Crippen LogP contribution in [0.25, 0.3) is 0 Å². The van der Waals surface area contributed by atoms with E-state index in [1.165, 1.54) is 51.7 Å². The second kappa shape index (κ2) is 7.25. The van der Waals surface area contributed by atoms with E-state index >= 15 is 0 Å². The van der Waals surface area contributed by atoms with Gasteiger partial charge in [0.15, 0.2) is 0 Å². The second-order valence-corrected chi connectivity index (χ2v) is 6.84. The van der Waals surface area contributed by atoms with Crippen molar-refractivity contribution in [3.05, 3.63) is 29.3 Å². The molecule has 6 heteroatoms. The fourth-order valence-corrected chi connectivity index (χ4v) is 4.14. The molecule has 3 atom stereocenters. The van der Waals surface area contributed by atoms with Gasteiger partial charge >= 0.3 is 17.9 Å². The van der Waals surface area contributed by atoms with Crippen molar-refractivity contribution in [2.45, 2.75) is 32.1 Å². The zero-order valence-corrected chi connectivity index (χ0v) is 14.4. The van der Waals surface area contributed by atoms with Gasteiger partial charge in [-0.3, -0.25) is 4.79 Å². The van der Waals surface area contributed by atoms with E-state index in [0.29, 0.717) is 18.3 Å². The summed E-state index contributed by atoms with van der Waals surface area (Å²) in [5, 5.41) is 0. The number of hydrogen-bond acceptors (Lipinski definition) is 6. The van der Waals surface area contributed by atoms with Crippen molar-refractivity contribution in [2.75, 3.05) is 14.2 Å². The molecule has 2 bridgehead atoms. The average Bonchev–Trinajstić information content (AvgIpc) is 3.22. The minimum absolute atomic E-state index is 0.133. The highest BCUT2D eigenvalue weighted by Crippen LogP contribution is 2.49. The molecule has 6 nitrogen and oxygen atoms in total. The van der Waals surface area contributed by atoms with E-state index in [2.05, 4.69) is 9.47 Å². The quantitative estimate of drug-likeness (QED) is 0.602. The fourth-order valence-electron chi connectivity index (χ4n) is 4.14. The molecule has 2 saturated carbocycles. The van der Waals surface area contributed by atoms with Crippen molar-refractivity contribution in [3.8, 4) is 5.75 Å². The van der Waals surface area contributed by atoms with Crippen molar-refractivity contribution in [1.29, 1.82) is 0 Å². The first-order valence-corrected chi connectivity index (χ1v) is 8.52. The Balaban J connectivity index is 1.72. The largest absolute Gasteiger partial charge is 0.465 e. The molecule has 1 aromatic rings. The predicted octanol–water partition coefficient (Wildman–Crippen LogP) is 2.99. The molecule has 0 heterocycles. The number of rotatable bonds is 5. The van der Waals surface area contributed by atoms with Gasteiger partial charge < -0.3 is 14.2 Å². The van der Waals surface area contributed by atoms with E-state index in [1.807, 2.05) is 0 Å². The van der Waals surface area contributed by atoms with E-state index < -0.39 is 11.9 Å². The summed E-state index contributed by atoms with van der Waals surface area (Å²) in [5.74, 6) is 0.357. The van der Waals surface area contributed by atoms with E-state index in [0.717, 1.165) is 12.3 Å². The van der Waals surface area contributed by atoms with Gasteiger partial charge in [-0.05, 0) is 55.2 Å². The summed E-state index contributed by atoms with van der Waals surface area (Å²) in [6.45, 7) is 0. The van der Waals surface area contributed by atoms with Gasteiger partial charge in [-0.25, -0.2) is 9.59 Å². The summed E-state index contributed by atoms with van der Waals surface area (Å²) in [5.41, 5.74) is 0.265. The Morgan fingerprint density at radius 3 is 2.08 bits per heavy atom. The Hall–Kier alpha value is -2.37. The van der Waals surface area contributed by atoms with Crippen LogP contribution in [0.4, 0.5) is 0 Å². The first kappa shape index (κ1) is 17.5. The molecule has 134 valence electrons. The summed E-state index contributed by atoms with van der Waals surface area (Å²) in [4.78, 5) is 35.8. The summed E-state index contributed by atoms with van der Waals surface area (Å²) >= 11 is 0. The maximum absolute atomic E-state index is 12.3. The number of hydrogen-bond donors (Lipinski definition) is 0. The molecule has 0 aliphatic heterocycles. The predicted molar refractivity (Wildman–Crippen MR) is 88.3 cm³/mol. The average molecular weight is 346 g/mol. The Bertz CT molecular complexity index is 661. The Kier molecular flexibility index (Phi) is 5.06. The molecule has 0 amide bonds. The highest BCUT2D eigenvalue weighted by molar-refractivity contribution is 5.96. The summed E-state index contributed by atoms with van der Waals surface area (Å²) < 4.78 is 14.7. The standard InChI is InChI=1S/C19H22O6/c1-23-18(21)14-7-15(19(22)24-2)9-16(8-14)25-17(20)10-13-6-11-3-4-12(13)5-11/h7-9,11-13H,3-6,10H2,1-2H3/t11-,12+,13+/m0/s1. The molecule has 25 heavy (non-hydrogen) atoms. The lowest BCUT2D eigenvalue weighted by Gasteiger charge is -2.20. The summed E-state index contributed by atoms with van der Waals surface area (Å²) in [6, 6.07) is 4.15. The van der Waals surface area contributed by atoms with E-state index in [1.54, 1.807) is 0 Å². The van der Waals surface area contributed by atoms with Crippen LogP contribution >= 0.6 is 0 Å². The molecular formula is C19H22O6. The van der Waals surface area contributed by atoms with E-state index in [-0.39, 0.29) is 22.8 Å². The minimum Gasteiger partial charge on any atom is -0.465 e. The normalized spacial score (nSPS) is 24.0. The smallest absolute Gasteiger partial charge is 0.338 e. The summed E-state index contributed by atoms with van der Waals surface area (Å²) in [7, 11) is 2.49. The SMILES string of the molecule is COC(=O)c1cc(OC(=O)C[C@H]2C[C@H]3CC[C@@H]2C3)cc(C(=O)OC)c1. The molecule has 0 N–H and O–H groups in total. The van der Waals surface area contributed by atoms with Crippen molar-refractivity contribution in [2.24, 2.45) is 17.8 Å². The van der Waals surface area contributed by atoms with Crippen LogP contribution < -0.4 is 4.74 Å².